The molecule has 4 rings (SSSR count). The van der Waals surface area contributed by atoms with Gasteiger partial charge >= 0.3 is 0 Å². The van der Waals surface area contributed by atoms with E-state index in [1.54, 1.807) is 10.7 Å². The number of fused-ring (bicyclic) bond motifs is 1. The highest BCUT2D eigenvalue weighted by atomic mass is 16.2. The molecule has 28 heavy (non-hydrogen) atoms. The Morgan fingerprint density at radius 1 is 1.11 bits per heavy atom. The minimum atomic E-state index is 0.0243. The first-order valence-corrected chi connectivity index (χ1v) is 11.0. The van der Waals surface area contributed by atoms with Crippen molar-refractivity contribution in [2.45, 2.75) is 70.4 Å². The Kier molecular flexibility index (Phi) is 6.25. The summed E-state index contributed by atoms with van der Waals surface area (Å²) in [5.74, 6) is 0.304. The van der Waals surface area contributed by atoms with Crippen LogP contribution in [0.5, 0.6) is 0 Å². The average molecular weight is 385 g/mol. The Balaban J connectivity index is 1.33. The maximum atomic E-state index is 12.4. The number of piperidine rings is 1. The summed E-state index contributed by atoms with van der Waals surface area (Å²) in [6.07, 6.45) is 13.7. The van der Waals surface area contributed by atoms with E-state index in [4.69, 9.17) is 0 Å². The van der Waals surface area contributed by atoms with Crippen molar-refractivity contribution in [3.8, 4) is 0 Å². The van der Waals surface area contributed by atoms with Crippen molar-refractivity contribution < 1.29 is 4.79 Å². The summed E-state index contributed by atoms with van der Waals surface area (Å²) in [4.78, 5) is 27.2. The fourth-order valence-electron chi connectivity index (χ4n) is 4.76. The van der Waals surface area contributed by atoms with Crippen molar-refractivity contribution in [1.82, 2.24) is 20.0 Å². The fraction of sp³-hybridized carbons (Fsp3) is 0.682. The van der Waals surface area contributed by atoms with Crippen LogP contribution in [0, 0.1) is 5.92 Å². The van der Waals surface area contributed by atoms with Crippen LogP contribution in [0.15, 0.2) is 23.0 Å². The molecule has 0 spiro atoms. The summed E-state index contributed by atoms with van der Waals surface area (Å²) >= 11 is 0. The van der Waals surface area contributed by atoms with E-state index in [9.17, 15) is 9.59 Å². The van der Waals surface area contributed by atoms with E-state index in [1.165, 1.54) is 19.3 Å². The molecule has 1 fully saturated rings. The zero-order valence-electron chi connectivity index (χ0n) is 16.7. The largest absolute Gasteiger partial charge is 0.354 e. The van der Waals surface area contributed by atoms with Crippen molar-refractivity contribution in [2.75, 3.05) is 19.6 Å². The molecule has 2 aliphatic carbocycles. The van der Waals surface area contributed by atoms with Gasteiger partial charge in [0.15, 0.2) is 0 Å². The van der Waals surface area contributed by atoms with Gasteiger partial charge in [-0.15, -0.1) is 0 Å². The van der Waals surface area contributed by atoms with E-state index in [0.717, 1.165) is 62.9 Å². The third-order valence-electron chi connectivity index (χ3n) is 6.51. The molecule has 0 aromatic carbocycles. The molecule has 1 unspecified atom stereocenters. The van der Waals surface area contributed by atoms with Gasteiger partial charge in [-0.25, -0.2) is 4.68 Å². The van der Waals surface area contributed by atoms with Gasteiger partial charge in [0, 0.05) is 31.1 Å². The third-order valence-corrected chi connectivity index (χ3v) is 6.51. The van der Waals surface area contributed by atoms with Crippen molar-refractivity contribution in [3.63, 3.8) is 0 Å². The molecule has 1 aromatic rings. The first-order chi connectivity index (χ1) is 13.7. The third kappa shape index (κ3) is 4.54. The Labute approximate surface area is 167 Å². The molecular formula is C22H32N4O2. The quantitative estimate of drug-likeness (QED) is 0.763. The molecule has 0 saturated carbocycles. The molecule has 152 valence electrons. The lowest BCUT2D eigenvalue weighted by atomic mass is 9.97. The summed E-state index contributed by atoms with van der Waals surface area (Å²) < 4.78 is 1.65. The lowest BCUT2D eigenvalue weighted by Crippen LogP contribution is -2.49. The van der Waals surface area contributed by atoms with Gasteiger partial charge in [-0.3, -0.25) is 14.5 Å². The molecule has 0 radical (unpaired) electrons. The minimum Gasteiger partial charge on any atom is -0.354 e. The van der Waals surface area contributed by atoms with Gasteiger partial charge in [0.1, 0.15) is 0 Å². The van der Waals surface area contributed by atoms with Gasteiger partial charge in [-0.2, -0.15) is 5.10 Å². The number of likely N-dealkylation sites (tertiary alicyclic amines) is 1. The number of amides is 1. The van der Waals surface area contributed by atoms with Crippen LogP contribution in [0.25, 0.3) is 0 Å². The zero-order chi connectivity index (χ0) is 19.3. The van der Waals surface area contributed by atoms with Gasteiger partial charge in [-0.1, -0.05) is 18.6 Å². The predicted octanol–water partition coefficient (Wildman–Crippen LogP) is 2.06. The smallest absolute Gasteiger partial charge is 0.267 e. The fourth-order valence-corrected chi connectivity index (χ4v) is 4.76. The number of aryl methyl sites for hydroxylation is 2. The summed E-state index contributed by atoms with van der Waals surface area (Å²) in [7, 11) is 0. The van der Waals surface area contributed by atoms with E-state index in [-0.39, 0.29) is 17.4 Å². The van der Waals surface area contributed by atoms with E-state index < -0.39 is 0 Å². The number of nitrogens with one attached hydrogen (secondary N) is 1. The van der Waals surface area contributed by atoms with Gasteiger partial charge < -0.3 is 5.32 Å². The van der Waals surface area contributed by atoms with Crippen molar-refractivity contribution in [1.29, 1.82) is 0 Å². The summed E-state index contributed by atoms with van der Waals surface area (Å²) in [6.45, 7) is 3.19. The Morgan fingerprint density at radius 3 is 2.79 bits per heavy atom. The van der Waals surface area contributed by atoms with Gasteiger partial charge in [0.05, 0.1) is 12.2 Å². The van der Waals surface area contributed by atoms with Crippen molar-refractivity contribution in [2.24, 2.45) is 5.92 Å². The van der Waals surface area contributed by atoms with Crippen LogP contribution in [0.2, 0.25) is 0 Å². The first-order valence-electron chi connectivity index (χ1n) is 11.0. The molecule has 1 amide bonds. The molecule has 3 aliphatic rings. The normalized spacial score (nSPS) is 22.9. The van der Waals surface area contributed by atoms with Gasteiger partial charge in [-0.05, 0) is 63.5 Å². The lowest BCUT2D eigenvalue weighted by Gasteiger charge is -2.36. The Morgan fingerprint density at radius 2 is 1.93 bits per heavy atom. The number of allylic oxidation sites excluding steroid dienone is 2. The summed E-state index contributed by atoms with van der Waals surface area (Å²) in [5.41, 5.74) is 2.28. The first kappa shape index (κ1) is 19.4. The van der Waals surface area contributed by atoms with E-state index in [0.29, 0.717) is 19.1 Å². The molecule has 1 aliphatic heterocycles. The highest BCUT2D eigenvalue weighted by Gasteiger charge is 2.25. The van der Waals surface area contributed by atoms with Gasteiger partial charge in [0.2, 0.25) is 5.91 Å². The number of hydrogen-bond donors (Lipinski definition) is 1. The predicted molar refractivity (Wildman–Crippen MR) is 109 cm³/mol. The standard InChI is InChI=1S/C22H32N4O2/c27-21-15-18-9-3-4-11-20(18)24-26(21)14-13-25-12-6-5-10-19(25)16-23-22(28)17-7-1-2-8-17/h1-2,15,17,19H,3-14,16H2,(H,23,28). The highest BCUT2D eigenvalue weighted by molar-refractivity contribution is 5.79. The molecule has 1 atom stereocenters. The second kappa shape index (κ2) is 9.03. The van der Waals surface area contributed by atoms with Crippen LogP contribution in [-0.4, -0.2) is 46.3 Å². The molecule has 0 bridgehead atoms. The summed E-state index contributed by atoms with van der Waals surface area (Å²) in [6, 6.07) is 2.16. The van der Waals surface area contributed by atoms with Crippen LogP contribution in [0.1, 0.15) is 56.2 Å². The van der Waals surface area contributed by atoms with Crippen LogP contribution in [0.3, 0.4) is 0 Å². The zero-order valence-corrected chi connectivity index (χ0v) is 16.7. The minimum absolute atomic E-state index is 0.0243. The summed E-state index contributed by atoms with van der Waals surface area (Å²) in [5, 5.41) is 7.82. The highest BCUT2D eigenvalue weighted by Crippen LogP contribution is 2.20. The van der Waals surface area contributed by atoms with Crippen molar-refractivity contribution in [3.05, 3.63) is 39.8 Å². The number of rotatable bonds is 6. The maximum Gasteiger partial charge on any atom is 0.267 e. The molecule has 1 saturated heterocycles. The molecular weight excluding hydrogens is 352 g/mol. The Bertz CT molecular complexity index is 777. The second-order valence-electron chi connectivity index (χ2n) is 8.46. The number of carbonyl (C=O) groups is 1. The van der Waals surface area contributed by atoms with Gasteiger partial charge in [0.25, 0.3) is 5.56 Å². The number of hydrogen-bond acceptors (Lipinski definition) is 4. The monoisotopic (exact) mass is 384 g/mol. The van der Waals surface area contributed by atoms with E-state index in [2.05, 4.69) is 27.5 Å². The van der Waals surface area contributed by atoms with E-state index >= 15 is 0 Å². The second-order valence-corrected chi connectivity index (χ2v) is 8.46. The number of nitrogens with zero attached hydrogens (tertiary/aromatic N) is 3. The maximum absolute atomic E-state index is 12.4. The van der Waals surface area contributed by atoms with Crippen LogP contribution >= 0.6 is 0 Å². The molecule has 1 aromatic heterocycles. The SMILES string of the molecule is O=C(NCC1CCCCN1CCn1nc2c(cc1=O)CCCC2)C1CC=CC1. The number of carbonyl (C=O) groups excluding carboxylic acids is 1. The number of aromatic nitrogens is 2. The molecule has 6 heteroatoms. The molecule has 2 heterocycles. The van der Waals surface area contributed by atoms with Crippen molar-refractivity contribution >= 4 is 5.91 Å². The van der Waals surface area contributed by atoms with E-state index in [1.807, 2.05) is 0 Å². The average Bonchev–Trinajstić information content (AvgIpc) is 3.26. The topological polar surface area (TPSA) is 67.2 Å². The Hall–Kier alpha value is -1.95. The van der Waals surface area contributed by atoms with Crippen LogP contribution in [0.4, 0.5) is 0 Å². The molecule has 6 nitrogen and oxygen atoms in total. The molecule has 1 N–H and O–H groups in total. The van der Waals surface area contributed by atoms with Crippen LogP contribution < -0.4 is 10.9 Å². The van der Waals surface area contributed by atoms with Crippen LogP contribution in [-0.2, 0) is 24.2 Å². The lowest BCUT2D eigenvalue weighted by molar-refractivity contribution is -0.125.